The number of nitrogens with two attached hydrogens (primary N) is 1. The predicted octanol–water partition coefficient (Wildman–Crippen LogP) is 2.65. The summed E-state index contributed by atoms with van der Waals surface area (Å²) in [7, 11) is 0. The first-order valence-electron chi connectivity index (χ1n) is 4.87. The van der Waals surface area contributed by atoms with Gasteiger partial charge in [-0.25, -0.2) is 0 Å². The molecule has 3 heteroatoms. The van der Waals surface area contributed by atoms with Gasteiger partial charge < -0.3 is 10.5 Å². The van der Waals surface area contributed by atoms with Gasteiger partial charge in [-0.3, -0.25) is 0 Å². The summed E-state index contributed by atoms with van der Waals surface area (Å²) in [6, 6.07) is 0. The Morgan fingerprint density at radius 3 is 2.31 bits per heavy atom. The zero-order valence-corrected chi connectivity index (χ0v) is 9.91. The van der Waals surface area contributed by atoms with E-state index in [9.17, 15) is 0 Å². The molecule has 78 valence electrons. The highest BCUT2D eigenvalue weighted by molar-refractivity contribution is 7.80. The smallest absolute Gasteiger partial charge is 0.0753 e. The molecular weight excluding hydrogens is 182 g/mol. The average molecular weight is 203 g/mol. The van der Waals surface area contributed by atoms with Crippen LogP contribution in [0.25, 0.3) is 0 Å². The van der Waals surface area contributed by atoms with Crippen molar-refractivity contribution in [1.29, 1.82) is 0 Å². The second kappa shape index (κ2) is 5.55. The Balaban J connectivity index is 4.04. The fraction of sp³-hybridized carbons (Fsp3) is 0.900. The molecular formula is C10H21NOS. The zero-order chi connectivity index (χ0) is 10.5. The Morgan fingerprint density at radius 2 is 2.00 bits per heavy atom. The van der Waals surface area contributed by atoms with Gasteiger partial charge in [-0.1, -0.05) is 26.1 Å². The summed E-state index contributed by atoms with van der Waals surface area (Å²) in [5.74, 6) is 0. The molecule has 0 aromatic heterocycles. The van der Waals surface area contributed by atoms with Crippen molar-refractivity contribution in [3.05, 3.63) is 0 Å². The molecule has 0 saturated heterocycles. The van der Waals surface area contributed by atoms with Gasteiger partial charge in [-0.2, -0.15) is 0 Å². The molecule has 0 aromatic rings. The van der Waals surface area contributed by atoms with Gasteiger partial charge >= 0.3 is 0 Å². The summed E-state index contributed by atoms with van der Waals surface area (Å²) >= 11 is 4.86. The van der Waals surface area contributed by atoms with Crippen molar-refractivity contribution in [1.82, 2.24) is 0 Å². The summed E-state index contributed by atoms with van der Waals surface area (Å²) in [4.78, 5) is 0.541. The molecule has 0 radical (unpaired) electrons. The fourth-order valence-corrected chi connectivity index (χ4v) is 1.21. The van der Waals surface area contributed by atoms with Crippen LogP contribution in [0.5, 0.6) is 0 Å². The Morgan fingerprint density at radius 1 is 1.46 bits per heavy atom. The SMILES string of the molecule is CCC(CC(N)=S)OC(C)(C)CC. The molecule has 2 nitrogen and oxygen atoms in total. The Hall–Kier alpha value is -0.150. The molecule has 13 heavy (non-hydrogen) atoms. The molecule has 0 spiro atoms. The van der Waals surface area contributed by atoms with Gasteiger partial charge in [-0.05, 0) is 26.7 Å². The van der Waals surface area contributed by atoms with Crippen LogP contribution in [-0.4, -0.2) is 16.7 Å². The molecule has 0 aromatic carbocycles. The van der Waals surface area contributed by atoms with Gasteiger partial charge in [0, 0.05) is 6.42 Å². The van der Waals surface area contributed by atoms with Crippen molar-refractivity contribution in [3.63, 3.8) is 0 Å². The number of rotatable bonds is 6. The van der Waals surface area contributed by atoms with Crippen LogP contribution >= 0.6 is 12.2 Å². The van der Waals surface area contributed by atoms with Crippen molar-refractivity contribution in [2.75, 3.05) is 0 Å². The lowest BCUT2D eigenvalue weighted by molar-refractivity contribution is -0.0711. The Kier molecular flexibility index (Phi) is 5.49. The second-order valence-corrected chi connectivity index (χ2v) is 4.46. The normalized spacial score (nSPS) is 14.2. The number of hydrogen-bond acceptors (Lipinski definition) is 2. The van der Waals surface area contributed by atoms with E-state index >= 15 is 0 Å². The van der Waals surface area contributed by atoms with Crippen LogP contribution in [0.1, 0.15) is 47.0 Å². The predicted molar refractivity (Wildman–Crippen MR) is 60.9 cm³/mol. The third-order valence-electron chi connectivity index (χ3n) is 2.22. The molecule has 0 heterocycles. The molecule has 0 saturated carbocycles. The number of thiocarbonyl (C=S) groups is 1. The molecule has 0 aliphatic carbocycles. The monoisotopic (exact) mass is 203 g/mol. The van der Waals surface area contributed by atoms with Gasteiger partial charge in [0.2, 0.25) is 0 Å². The van der Waals surface area contributed by atoms with Crippen LogP contribution in [-0.2, 0) is 4.74 Å². The largest absolute Gasteiger partial charge is 0.393 e. The maximum Gasteiger partial charge on any atom is 0.0753 e. The summed E-state index contributed by atoms with van der Waals surface area (Å²) < 4.78 is 5.88. The van der Waals surface area contributed by atoms with Crippen molar-refractivity contribution >= 4 is 17.2 Å². The molecule has 0 bridgehead atoms. The molecule has 0 fully saturated rings. The number of hydrogen-bond donors (Lipinski definition) is 1. The van der Waals surface area contributed by atoms with E-state index in [2.05, 4.69) is 27.7 Å². The van der Waals surface area contributed by atoms with Crippen LogP contribution in [0.3, 0.4) is 0 Å². The van der Waals surface area contributed by atoms with E-state index < -0.39 is 0 Å². The van der Waals surface area contributed by atoms with E-state index in [4.69, 9.17) is 22.7 Å². The van der Waals surface area contributed by atoms with E-state index in [1.807, 2.05) is 0 Å². The third kappa shape index (κ3) is 5.99. The first-order valence-corrected chi connectivity index (χ1v) is 5.28. The van der Waals surface area contributed by atoms with E-state index in [1.54, 1.807) is 0 Å². The highest BCUT2D eigenvalue weighted by Gasteiger charge is 2.20. The Labute approximate surface area is 86.8 Å². The van der Waals surface area contributed by atoms with Gasteiger partial charge in [-0.15, -0.1) is 0 Å². The van der Waals surface area contributed by atoms with E-state index in [-0.39, 0.29) is 11.7 Å². The third-order valence-corrected chi connectivity index (χ3v) is 2.39. The summed E-state index contributed by atoms with van der Waals surface area (Å²) in [5.41, 5.74) is 5.42. The first kappa shape index (κ1) is 12.8. The standard InChI is InChI=1S/C10H21NOS/c1-5-8(7-9(11)13)12-10(3,4)6-2/h8H,5-7H2,1-4H3,(H2,11,13). The minimum Gasteiger partial charge on any atom is -0.393 e. The lowest BCUT2D eigenvalue weighted by Crippen LogP contribution is -2.32. The summed E-state index contributed by atoms with van der Waals surface area (Å²) in [5, 5.41) is 0. The van der Waals surface area contributed by atoms with Crippen molar-refractivity contribution in [2.24, 2.45) is 5.73 Å². The van der Waals surface area contributed by atoms with Gasteiger partial charge in [0.05, 0.1) is 16.7 Å². The lowest BCUT2D eigenvalue weighted by Gasteiger charge is -2.29. The molecule has 1 unspecified atom stereocenters. The maximum atomic E-state index is 5.88. The topological polar surface area (TPSA) is 35.2 Å². The molecule has 0 rings (SSSR count). The first-order chi connectivity index (χ1) is 5.91. The molecule has 1 atom stereocenters. The van der Waals surface area contributed by atoms with Crippen LogP contribution in [0, 0.1) is 0 Å². The van der Waals surface area contributed by atoms with Gasteiger partial charge in [0.1, 0.15) is 0 Å². The minimum atomic E-state index is -0.0640. The summed E-state index contributed by atoms with van der Waals surface area (Å²) in [6.07, 6.45) is 2.82. The van der Waals surface area contributed by atoms with E-state index in [1.165, 1.54) is 0 Å². The highest BCUT2D eigenvalue weighted by Crippen LogP contribution is 2.19. The zero-order valence-electron chi connectivity index (χ0n) is 9.09. The second-order valence-electron chi connectivity index (χ2n) is 3.93. The van der Waals surface area contributed by atoms with Crippen molar-refractivity contribution < 1.29 is 4.74 Å². The van der Waals surface area contributed by atoms with Crippen LogP contribution < -0.4 is 5.73 Å². The summed E-state index contributed by atoms with van der Waals surface area (Å²) in [6.45, 7) is 8.40. The Bertz CT molecular complexity index is 168. The molecule has 0 aliphatic heterocycles. The average Bonchev–Trinajstić information content (AvgIpc) is 2.02. The molecule has 2 N–H and O–H groups in total. The van der Waals surface area contributed by atoms with Crippen LogP contribution in [0.2, 0.25) is 0 Å². The van der Waals surface area contributed by atoms with Crippen molar-refractivity contribution in [2.45, 2.75) is 58.7 Å². The van der Waals surface area contributed by atoms with E-state index in [0.29, 0.717) is 11.4 Å². The molecule has 0 amide bonds. The van der Waals surface area contributed by atoms with E-state index in [0.717, 1.165) is 12.8 Å². The highest BCUT2D eigenvalue weighted by atomic mass is 32.1. The molecule has 0 aliphatic rings. The lowest BCUT2D eigenvalue weighted by atomic mass is 10.1. The quantitative estimate of drug-likeness (QED) is 0.674. The van der Waals surface area contributed by atoms with Gasteiger partial charge in [0.15, 0.2) is 0 Å². The number of ether oxygens (including phenoxy) is 1. The minimum absolute atomic E-state index is 0.0640. The maximum absolute atomic E-state index is 5.88. The van der Waals surface area contributed by atoms with Gasteiger partial charge in [0.25, 0.3) is 0 Å². The fourth-order valence-electron chi connectivity index (χ4n) is 1.03. The van der Waals surface area contributed by atoms with Crippen LogP contribution in [0.15, 0.2) is 0 Å². The van der Waals surface area contributed by atoms with Crippen LogP contribution in [0.4, 0.5) is 0 Å². The van der Waals surface area contributed by atoms with Crippen molar-refractivity contribution in [3.8, 4) is 0 Å².